The molecule has 1 heterocycles. The summed E-state index contributed by atoms with van der Waals surface area (Å²) in [5.41, 5.74) is 0.648. The van der Waals surface area contributed by atoms with Gasteiger partial charge < -0.3 is 4.42 Å². The van der Waals surface area contributed by atoms with Crippen LogP contribution in [0, 0.1) is 18.3 Å². The third kappa shape index (κ3) is 2.63. The first kappa shape index (κ1) is 14.8. The van der Waals surface area contributed by atoms with Crippen LogP contribution in [0.25, 0.3) is 11.3 Å². The first-order valence-corrected chi connectivity index (χ1v) is 8.39. The maximum atomic E-state index is 12.9. The summed E-state index contributed by atoms with van der Waals surface area (Å²) in [5, 5.41) is 8.80. The number of nitriles is 1. The van der Waals surface area contributed by atoms with Crippen molar-refractivity contribution >= 4 is 10.0 Å². The molecule has 1 aliphatic carbocycles. The van der Waals surface area contributed by atoms with Crippen LogP contribution in [0.1, 0.15) is 18.7 Å². The van der Waals surface area contributed by atoms with E-state index in [1.807, 2.05) is 12.1 Å². The van der Waals surface area contributed by atoms with Gasteiger partial charge in [0.1, 0.15) is 6.54 Å². The molecular weight excluding hydrogens is 302 g/mol. The van der Waals surface area contributed by atoms with Crippen molar-refractivity contribution in [1.29, 1.82) is 5.26 Å². The Balaban J connectivity index is 2.10. The van der Waals surface area contributed by atoms with E-state index in [1.54, 1.807) is 31.2 Å². The molecule has 0 bridgehead atoms. The number of nitrogens with zero attached hydrogens (tertiary/aromatic N) is 3. The zero-order chi connectivity index (χ0) is 15.7. The van der Waals surface area contributed by atoms with Gasteiger partial charge in [-0.25, -0.2) is 13.4 Å². The second-order valence-corrected chi connectivity index (χ2v) is 6.98. The molecule has 0 radical (unpaired) electrons. The maximum absolute atomic E-state index is 12.9. The minimum absolute atomic E-state index is 0.106. The molecule has 6 nitrogen and oxygen atoms in total. The first-order chi connectivity index (χ1) is 10.5. The summed E-state index contributed by atoms with van der Waals surface area (Å²) < 4.78 is 32.5. The predicted octanol–water partition coefficient (Wildman–Crippen LogP) is 2.33. The first-order valence-electron chi connectivity index (χ1n) is 6.95. The molecule has 3 rings (SSSR count). The molecule has 2 aromatic rings. The largest absolute Gasteiger partial charge is 0.440 e. The normalized spacial score (nSPS) is 15.0. The summed E-state index contributed by atoms with van der Waals surface area (Å²) in [6.07, 6.45) is 1.55. The minimum atomic E-state index is -3.85. The van der Waals surface area contributed by atoms with E-state index in [-0.39, 0.29) is 29.3 Å². The van der Waals surface area contributed by atoms with Gasteiger partial charge in [0.05, 0.1) is 6.07 Å². The van der Waals surface area contributed by atoms with E-state index >= 15 is 0 Å². The minimum Gasteiger partial charge on any atom is -0.440 e. The average Bonchev–Trinajstić information content (AvgIpc) is 3.26. The van der Waals surface area contributed by atoms with Gasteiger partial charge in [-0.1, -0.05) is 30.3 Å². The van der Waals surface area contributed by atoms with E-state index in [0.29, 0.717) is 5.56 Å². The molecule has 1 saturated carbocycles. The molecule has 0 unspecified atom stereocenters. The number of hydrogen-bond acceptors (Lipinski definition) is 5. The molecule has 1 aromatic carbocycles. The topological polar surface area (TPSA) is 87.2 Å². The third-order valence-electron chi connectivity index (χ3n) is 3.47. The van der Waals surface area contributed by atoms with Crippen LogP contribution in [0.15, 0.2) is 39.8 Å². The Morgan fingerprint density at radius 2 is 2.05 bits per heavy atom. The molecular formula is C15H15N3O3S. The fraction of sp³-hybridized carbons (Fsp3) is 0.333. The summed E-state index contributed by atoms with van der Waals surface area (Å²) in [6.45, 7) is 1.43. The molecule has 0 aliphatic heterocycles. The third-order valence-corrected chi connectivity index (χ3v) is 5.28. The zero-order valence-corrected chi connectivity index (χ0v) is 12.9. The standard InChI is InChI=1S/C15H15N3O3S/c1-11-17-15(14(21-11)12-5-3-2-4-6-12)22(19,20)18(10-9-16)13-7-8-13/h2-6,13H,7-8,10H2,1H3. The molecule has 22 heavy (non-hydrogen) atoms. The van der Waals surface area contributed by atoms with Crippen LogP contribution in [0.5, 0.6) is 0 Å². The lowest BCUT2D eigenvalue weighted by Crippen LogP contribution is -2.34. The Morgan fingerprint density at radius 3 is 2.64 bits per heavy atom. The van der Waals surface area contributed by atoms with Crippen molar-refractivity contribution in [3.05, 3.63) is 36.2 Å². The van der Waals surface area contributed by atoms with Crippen molar-refractivity contribution in [2.45, 2.75) is 30.8 Å². The highest BCUT2D eigenvalue weighted by Gasteiger charge is 2.41. The van der Waals surface area contributed by atoms with Crippen molar-refractivity contribution < 1.29 is 12.8 Å². The average molecular weight is 317 g/mol. The molecule has 1 aliphatic rings. The van der Waals surface area contributed by atoms with E-state index in [4.69, 9.17) is 9.68 Å². The number of aromatic nitrogens is 1. The van der Waals surface area contributed by atoms with Crippen molar-refractivity contribution in [3.8, 4) is 17.4 Å². The number of benzene rings is 1. The smallest absolute Gasteiger partial charge is 0.265 e. The molecule has 0 N–H and O–H groups in total. The van der Waals surface area contributed by atoms with Gasteiger partial charge in [0.2, 0.25) is 5.03 Å². The van der Waals surface area contributed by atoms with Crippen LogP contribution in [-0.4, -0.2) is 30.3 Å². The number of oxazole rings is 1. The highest BCUT2D eigenvalue weighted by molar-refractivity contribution is 7.89. The summed E-state index contributed by atoms with van der Waals surface area (Å²) in [5.74, 6) is 0.506. The van der Waals surface area contributed by atoms with Crippen molar-refractivity contribution in [2.24, 2.45) is 0 Å². The van der Waals surface area contributed by atoms with Gasteiger partial charge in [-0.2, -0.15) is 9.57 Å². The lowest BCUT2D eigenvalue weighted by Gasteiger charge is -2.17. The molecule has 0 spiro atoms. The fourth-order valence-corrected chi connectivity index (χ4v) is 4.00. The van der Waals surface area contributed by atoms with Crippen LogP contribution in [0.4, 0.5) is 0 Å². The second-order valence-electron chi connectivity index (χ2n) is 5.17. The van der Waals surface area contributed by atoms with Gasteiger partial charge >= 0.3 is 0 Å². The predicted molar refractivity (Wildman–Crippen MR) is 79.2 cm³/mol. The van der Waals surface area contributed by atoms with Crippen molar-refractivity contribution in [2.75, 3.05) is 6.54 Å². The summed E-state index contributed by atoms with van der Waals surface area (Å²) in [7, 11) is -3.85. The summed E-state index contributed by atoms with van der Waals surface area (Å²) in [6, 6.07) is 10.8. The Labute approximate surface area is 129 Å². The van der Waals surface area contributed by atoms with E-state index in [0.717, 1.165) is 12.8 Å². The summed E-state index contributed by atoms with van der Waals surface area (Å²) >= 11 is 0. The van der Waals surface area contributed by atoms with Gasteiger partial charge in [-0.3, -0.25) is 0 Å². The van der Waals surface area contributed by atoms with Crippen LogP contribution in [-0.2, 0) is 10.0 Å². The highest BCUT2D eigenvalue weighted by atomic mass is 32.2. The van der Waals surface area contributed by atoms with E-state index < -0.39 is 10.0 Å². The van der Waals surface area contributed by atoms with Crippen molar-refractivity contribution in [1.82, 2.24) is 9.29 Å². The molecule has 7 heteroatoms. The fourth-order valence-electron chi connectivity index (χ4n) is 2.31. The van der Waals surface area contributed by atoms with Crippen LogP contribution in [0.2, 0.25) is 0 Å². The van der Waals surface area contributed by atoms with Gasteiger partial charge in [-0.05, 0) is 12.8 Å². The molecule has 114 valence electrons. The van der Waals surface area contributed by atoms with Gasteiger partial charge in [0, 0.05) is 18.5 Å². The number of aryl methyl sites for hydroxylation is 1. The maximum Gasteiger partial charge on any atom is 0.265 e. The number of rotatable bonds is 5. The molecule has 0 saturated heterocycles. The Kier molecular flexibility index (Phi) is 3.72. The van der Waals surface area contributed by atoms with Crippen LogP contribution >= 0.6 is 0 Å². The Hall–Kier alpha value is -2.17. The Bertz CT molecular complexity index is 817. The van der Waals surface area contributed by atoms with Crippen LogP contribution in [0.3, 0.4) is 0 Å². The van der Waals surface area contributed by atoms with E-state index in [1.165, 1.54) is 4.31 Å². The Morgan fingerprint density at radius 1 is 1.36 bits per heavy atom. The van der Waals surface area contributed by atoms with E-state index in [2.05, 4.69) is 4.98 Å². The molecule has 1 aromatic heterocycles. The van der Waals surface area contributed by atoms with Gasteiger partial charge in [0.15, 0.2) is 11.7 Å². The SMILES string of the molecule is Cc1nc(S(=O)(=O)N(CC#N)C2CC2)c(-c2ccccc2)o1. The lowest BCUT2D eigenvalue weighted by molar-refractivity contribution is 0.436. The van der Waals surface area contributed by atoms with Crippen LogP contribution < -0.4 is 0 Å². The molecule has 0 amide bonds. The zero-order valence-electron chi connectivity index (χ0n) is 12.1. The molecule has 0 atom stereocenters. The van der Waals surface area contributed by atoms with Gasteiger partial charge in [-0.15, -0.1) is 0 Å². The lowest BCUT2D eigenvalue weighted by atomic mass is 10.2. The summed E-state index contributed by atoms with van der Waals surface area (Å²) in [4.78, 5) is 4.07. The quantitative estimate of drug-likeness (QED) is 0.790. The van der Waals surface area contributed by atoms with Gasteiger partial charge in [0.25, 0.3) is 10.0 Å². The highest BCUT2D eigenvalue weighted by Crippen LogP contribution is 2.35. The second kappa shape index (κ2) is 5.55. The molecule has 1 fully saturated rings. The number of sulfonamides is 1. The monoisotopic (exact) mass is 317 g/mol. The number of hydrogen-bond donors (Lipinski definition) is 0. The van der Waals surface area contributed by atoms with Crippen molar-refractivity contribution in [3.63, 3.8) is 0 Å². The van der Waals surface area contributed by atoms with E-state index in [9.17, 15) is 8.42 Å².